The lowest BCUT2D eigenvalue weighted by Gasteiger charge is -2.39. The first-order valence-corrected chi connectivity index (χ1v) is 6.64. The zero-order valence-corrected chi connectivity index (χ0v) is 11.5. The van der Waals surface area contributed by atoms with Gasteiger partial charge < -0.3 is 0 Å². The zero-order valence-electron chi connectivity index (χ0n) is 11.5. The number of hydrogen-bond acceptors (Lipinski definition) is 0. The Morgan fingerprint density at radius 1 is 0.882 bits per heavy atom. The molecule has 0 aromatic carbocycles. The summed E-state index contributed by atoms with van der Waals surface area (Å²) in [5.74, 6) is 0.605. The second kappa shape index (κ2) is 9.04. The topological polar surface area (TPSA) is 0 Å². The molecule has 0 atom stereocenters. The molecular weight excluding hydrogens is 204 g/mol. The van der Waals surface area contributed by atoms with Gasteiger partial charge in [-0.05, 0) is 43.4 Å². The molecular formula is C17H28. The van der Waals surface area contributed by atoms with Gasteiger partial charge in [0, 0.05) is 0 Å². The first kappa shape index (κ1) is 16.0. The molecule has 0 spiro atoms. The molecule has 0 heterocycles. The van der Waals surface area contributed by atoms with Gasteiger partial charge >= 0.3 is 0 Å². The van der Waals surface area contributed by atoms with Gasteiger partial charge in [-0.15, -0.1) is 26.3 Å². The minimum atomic E-state index is 0.292. The van der Waals surface area contributed by atoms with E-state index in [0.717, 1.165) is 25.7 Å². The first-order valence-electron chi connectivity index (χ1n) is 6.64. The molecule has 0 aromatic heterocycles. The summed E-state index contributed by atoms with van der Waals surface area (Å²) in [4.78, 5) is 0. The van der Waals surface area contributed by atoms with Crippen molar-refractivity contribution in [3.05, 3.63) is 50.6 Å². The summed E-state index contributed by atoms with van der Waals surface area (Å²) in [6.45, 7) is 17.9. The van der Waals surface area contributed by atoms with Crippen LogP contribution in [0.25, 0.3) is 0 Å². The Morgan fingerprint density at radius 2 is 1.35 bits per heavy atom. The van der Waals surface area contributed by atoms with E-state index >= 15 is 0 Å². The van der Waals surface area contributed by atoms with Gasteiger partial charge in [-0.1, -0.05) is 37.6 Å². The highest BCUT2D eigenvalue weighted by Crippen LogP contribution is 2.44. The summed E-state index contributed by atoms with van der Waals surface area (Å²) in [6.07, 6.45) is 14.8. The molecule has 17 heavy (non-hydrogen) atoms. The molecule has 0 fully saturated rings. The van der Waals surface area contributed by atoms with Gasteiger partial charge in [-0.3, -0.25) is 0 Å². The highest BCUT2D eigenvalue weighted by atomic mass is 14.4. The molecule has 0 unspecified atom stereocenters. The zero-order chi connectivity index (χ0) is 13.1. The molecule has 0 nitrogen and oxygen atoms in total. The summed E-state index contributed by atoms with van der Waals surface area (Å²) in [6, 6.07) is 0. The third kappa shape index (κ3) is 4.77. The van der Waals surface area contributed by atoms with Crippen LogP contribution in [0.2, 0.25) is 0 Å². The van der Waals surface area contributed by atoms with E-state index in [1.54, 1.807) is 0 Å². The molecule has 0 aliphatic rings. The Morgan fingerprint density at radius 3 is 1.65 bits per heavy atom. The maximum absolute atomic E-state index is 3.93. The van der Waals surface area contributed by atoms with Crippen LogP contribution in [0.5, 0.6) is 0 Å². The van der Waals surface area contributed by atoms with Crippen LogP contribution in [-0.2, 0) is 0 Å². The van der Waals surface area contributed by atoms with Crippen LogP contribution in [0.3, 0.4) is 0 Å². The molecule has 0 rings (SSSR count). The van der Waals surface area contributed by atoms with Crippen LogP contribution in [0.15, 0.2) is 50.6 Å². The maximum Gasteiger partial charge on any atom is -0.0195 e. The first-order chi connectivity index (χ1) is 8.20. The van der Waals surface area contributed by atoms with E-state index in [9.17, 15) is 0 Å². The molecule has 0 aliphatic heterocycles. The van der Waals surface area contributed by atoms with Crippen LogP contribution in [0.4, 0.5) is 0 Å². The third-order valence-corrected chi connectivity index (χ3v) is 3.62. The molecule has 0 aromatic rings. The normalized spacial score (nSPS) is 11.2. The molecule has 0 amide bonds. The Bertz CT molecular complexity index is 227. The summed E-state index contributed by atoms with van der Waals surface area (Å²) < 4.78 is 0. The summed E-state index contributed by atoms with van der Waals surface area (Å²) >= 11 is 0. The number of rotatable bonds is 11. The Balaban J connectivity index is 5.12. The van der Waals surface area contributed by atoms with Crippen molar-refractivity contribution in [2.24, 2.45) is 11.3 Å². The van der Waals surface area contributed by atoms with Crippen molar-refractivity contribution in [1.82, 2.24) is 0 Å². The van der Waals surface area contributed by atoms with Crippen molar-refractivity contribution in [2.75, 3.05) is 0 Å². The average molecular weight is 232 g/mol. The van der Waals surface area contributed by atoms with Crippen LogP contribution in [0.1, 0.15) is 45.4 Å². The molecule has 0 saturated heterocycles. The fraction of sp³-hybridized carbons (Fsp3) is 0.529. The Hall–Kier alpha value is -1.04. The molecule has 0 radical (unpaired) electrons. The predicted octanol–water partition coefficient (Wildman–Crippen LogP) is 5.69. The van der Waals surface area contributed by atoms with Crippen molar-refractivity contribution >= 4 is 0 Å². The van der Waals surface area contributed by atoms with E-state index in [2.05, 4.69) is 45.4 Å². The second-order valence-corrected chi connectivity index (χ2v) is 4.84. The quantitative estimate of drug-likeness (QED) is 0.401. The van der Waals surface area contributed by atoms with E-state index in [-0.39, 0.29) is 0 Å². The summed E-state index contributed by atoms with van der Waals surface area (Å²) in [7, 11) is 0. The molecule has 0 aliphatic carbocycles. The highest BCUT2D eigenvalue weighted by molar-refractivity contribution is 4.99. The molecule has 0 N–H and O–H groups in total. The maximum atomic E-state index is 3.93. The molecule has 96 valence electrons. The van der Waals surface area contributed by atoms with Gasteiger partial charge in [-0.25, -0.2) is 0 Å². The largest absolute Gasteiger partial charge is 0.103 e. The van der Waals surface area contributed by atoms with Crippen LogP contribution < -0.4 is 0 Å². The minimum Gasteiger partial charge on any atom is -0.103 e. The number of allylic oxidation sites excluding steroid dienone is 4. The monoisotopic (exact) mass is 232 g/mol. The van der Waals surface area contributed by atoms with Crippen molar-refractivity contribution in [2.45, 2.75) is 45.4 Å². The standard InChI is InChI=1S/C17H28/c1-6-11-16(12-7-2)17(13-8-3,14-9-4)15-10-5/h6-9,16H,1-4,10-15H2,5H3. The lowest BCUT2D eigenvalue weighted by Crippen LogP contribution is -2.29. The number of hydrogen-bond donors (Lipinski definition) is 0. The van der Waals surface area contributed by atoms with Crippen molar-refractivity contribution in [3.63, 3.8) is 0 Å². The Labute approximate surface area is 108 Å². The fourth-order valence-corrected chi connectivity index (χ4v) is 2.90. The fourth-order valence-electron chi connectivity index (χ4n) is 2.90. The third-order valence-electron chi connectivity index (χ3n) is 3.62. The highest BCUT2D eigenvalue weighted by Gasteiger charge is 2.34. The van der Waals surface area contributed by atoms with Gasteiger partial charge in [0.1, 0.15) is 0 Å². The summed E-state index contributed by atoms with van der Waals surface area (Å²) in [5, 5.41) is 0. The lowest BCUT2D eigenvalue weighted by atomic mass is 9.65. The van der Waals surface area contributed by atoms with Gasteiger partial charge in [-0.2, -0.15) is 0 Å². The summed E-state index contributed by atoms with van der Waals surface area (Å²) in [5.41, 5.74) is 0.292. The molecule has 0 heteroatoms. The van der Waals surface area contributed by atoms with Gasteiger partial charge in [0.05, 0.1) is 0 Å². The van der Waals surface area contributed by atoms with Crippen molar-refractivity contribution in [3.8, 4) is 0 Å². The molecule has 0 bridgehead atoms. The van der Waals surface area contributed by atoms with E-state index in [1.807, 2.05) is 12.2 Å². The van der Waals surface area contributed by atoms with E-state index in [4.69, 9.17) is 0 Å². The average Bonchev–Trinajstić information content (AvgIpc) is 2.29. The Kier molecular flexibility index (Phi) is 8.49. The molecule has 0 saturated carbocycles. The van der Waals surface area contributed by atoms with Gasteiger partial charge in [0.25, 0.3) is 0 Å². The van der Waals surface area contributed by atoms with E-state index in [1.165, 1.54) is 12.8 Å². The van der Waals surface area contributed by atoms with Crippen LogP contribution in [0, 0.1) is 11.3 Å². The van der Waals surface area contributed by atoms with Crippen molar-refractivity contribution in [1.29, 1.82) is 0 Å². The van der Waals surface area contributed by atoms with E-state index < -0.39 is 0 Å². The van der Waals surface area contributed by atoms with Crippen LogP contribution in [-0.4, -0.2) is 0 Å². The second-order valence-electron chi connectivity index (χ2n) is 4.84. The van der Waals surface area contributed by atoms with Crippen molar-refractivity contribution < 1.29 is 0 Å². The van der Waals surface area contributed by atoms with Crippen LogP contribution >= 0.6 is 0 Å². The van der Waals surface area contributed by atoms with Gasteiger partial charge in [0.2, 0.25) is 0 Å². The minimum absolute atomic E-state index is 0.292. The predicted molar refractivity (Wildman–Crippen MR) is 80.1 cm³/mol. The lowest BCUT2D eigenvalue weighted by molar-refractivity contribution is 0.148. The van der Waals surface area contributed by atoms with Gasteiger partial charge in [0.15, 0.2) is 0 Å². The smallest absolute Gasteiger partial charge is 0.0195 e. The van der Waals surface area contributed by atoms with E-state index in [0.29, 0.717) is 11.3 Å². The SMILES string of the molecule is C=CCC(CC=C)C(CC=C)(CC=C)CCC.